The summed E-state index contributed by atoms with van der Waals surface area (Å²) in [6, 6.07) is 0. The lowest BCUT2D eigenvalue weighted by atomic mass is 9.77. The van der Waals surface area contributed by atoms with Crippen molar-refractivity contribution < 1.29 is 4.79 Å². The van der Waals surface area contributed by atoms with Crippen molar-refractivity contribution >= 4 is 5.91 Å². The molecule has 0 bridgehead atoms. The summed E-state index contributed by atoms with van der Waals surface area (Å²) in [4.78, 5) is 11.9. The first kappa shape index (κ1) is 9.97. The topological polar surface area (TPSA) is 41.1 Å². The van der Waals surface area contributed by atoms with Crippen molar-refractivity contribution in [3.8, 4) is 0 Å². The van der Waals surface area contributed by atoms with Gasteiger partial charge in [-0.15, -0.1) is 0 Å². The molecule has 0 radical (unpaired) electrons. The van der Waals surface area contributed by atoms with Gasteiger partial charge in [0.15, 0.2) is 0 Å². The van der Waals surface area contributed by atoms with Crippen molar-refractivity contribution in [3.63, 3.8) is 0 Å². The Kier molecular flexibility index (Phi) is 2.30. The van der Waals surface area contributed by atoms with Gasteiger partial charge < -0.3 is 5.32 Å². The van der Waals surface area contributed by atoms with Crippen molar-refractivity contribution in [3.05, 3.63) is 0 Å². The third kappa shape index (κ3) is 1.65. The molecule has 1 saturated heterocycles. The molecule has 1 aliphatic carbocycles. The zero-order valence-electron chi connectivity index (χ0n) is 9.15. The molecular formula is C11H20N2O. The Morgan fingerprint density at radius 3 is 2.43 bits per heavy atom. The highest BCUT2D eigenvalue weighted by atomic mass is 16.2. The third-order valence-electron chi connectivity index (χ3n) is 3.41. The van der Waals surface area contributed by atoms with E-state index >= 15 is 0 Å². The largest absolute Gasteiger partial charge is 0.353 e. The Labute approximate surface area is 85.6 Å². The van der Waals surface area contributed by atoms with Crippen LogP contribution in [0.25, 0.3) is 0 Å². The standard InChI is InChI=1S/C11H20N2O/c1-10(2)8-12-9(14)11(13-10)6-4-3-5-7-11/h13H,3-8H2,1-2H3,(H,12,14). The molecule has 2 N–H and O–H groups in total. The normalized spacial score (nSPS) is 30.0. The van der Waals surface area contributed by atoms with Crippen LogP contribution < -0.4 is 10.6 Å². The maximum atomic E-state index is 11.9. The van der Waals surface area contributed by atoms with Gasteiger partial charge in [-0.2, -0.15) is 0 Å². The lowest BCUT2D eigenvalue weighted by Gasteiger charge is -2.47. The molecule has 1 amide bonds. The van der Waals surface area contributed by atoms with E-state index in [1.165, 1.54) is 19.3 Å². The van der Waals surface area contributed by atoms with Gasteiger partial charge in [0.25, 0.3) is 0 Å². The lowest BCUT2D eigenvalue weighted by Crippen LogP contribution is -2.71. The first-order valence-corrected chi connectivity index (χ1v) is 5.62. The van der Waals surface area contributed by atoms with E-state index in [0.717, 1.165) is 19.4 Å². The molecule has 0 atom stereocenters. The molecule has 2 fully saturated rings. The molecule has 0 aromatic heterocycles. The Morgan fingerprint density at radius 1 is 1.14 bits per heavy atom. The molecule has 0 aromatic carbocycles. The second-order valence-electron chi connectivity index (χ2n) is 5.33. The molecule has 0 unspecified atom stereocenters. The molecular weight excluding hydrogens is 176 g/mol. The SMILES string of the molecule is CC1(C)CNC(=O)C2(CCCCC2)N1. The second kappa shape index (κ2) is 3.23. The van der Waals surface area contributed by atoms with Gasteiger partial charge in [-0.05, 0) is 26.7 Å². The molecule has 2 rings (SSSR count). The summed E-state index contributed by atoms with van der Waals surface area (Å²) in [5, 5.41) is 6.58. The van der Waals surface area contributed by atoms with Gasteiger partial charge in [-0.1, -0.05) is 19.3 Å². The summed E-state index contributed by atoms with van der Waals surface area (Å²) >= 11 is 0. The highest BCUT2D eigenvalue weighted by molar-refractivity contribution is 5.87. The molecule has 0 aromatic rings. The van der Waals surface area contributed by atoms with Gasteiger partial charge in [-0.25, -0.2) is 0 Å². The number of amides is 1. The number of hydrogen-bond donors (Lipinski definition) is 2. The molecule has 2 aliphatic rings. The first-order chi connectivity index (χ1) is 6.54. The number of carbonyl (C=O) groups excluding carboxylic acids is 1. The number of rotatable bonds is 0. The van der Waals surface area contributed by atoms with Crippen LogP contribution in [0.15, 0.2) is 0 Å². The van der Waals surface area contributed by atoms with E-state index in [0.29, 0.717) is 0 Å². The lowest BCUT2D eigenvalue weighted by molar-refractivity contribution is -0.133. The highest BCUT2D eigenvalue weighted by Crippen LogP contribution is 2.32. The van der Waals surface area contributed by atoms with Gasteiger partial charge in [0.2, 0.25) is 5.91 Å². The Morgan fingerprint density at radius 2 is 1.79 bits per heavy atom. The van der Waals surface area contributed by atoms with Gasteiger partial charge in [0.1, 0.15) is 0 Å². The zero-order valence-corrected chi connectivity index (χ0v) is 9.15. The van der Waals surface area contributed by atoms with Crippen LogP contribution in [0.4, 0.5) is 0 Å². The van der Waals surface area contributed by atoms with E-state index in [9.17, 15) is 4.79 Å². The van der Waals surface area contributed by atoms with E-state index < -0.39 is 0 Å². The first-order valence-electron chi connectivity index (χ1n) is 5.62. The predicted molar refractivity (Wildman–Crippen MR) is 56.0 cm³/mol. The summed E-state index contributed by atoms with van der Waals surface area (Å²) in [7, 11) is 0. The smallest absolute Gasteiger partial charge is 0.240 e. The maximum Gasteiger partial charge on any atom is 0.240 e. The van der Waals surface area contributed by atoms with Crippen molar-refractivity contribution in [1.82, 2.24) is 10.6 Å². The van der Waals surface area contributed by atoms with E-state index in [2.05, 4.69) is 24.5 Å². The molecule has 14 heavy (non-hydrogen) atoms. The molecule has 3 heteroatoms. The van der Waals surface area contributed by atoms with Crippen LogP contribution >= 0.6 is 0 Å². The van der Waals surface area contributed by atoms with E-state index in [4.69, 9.17) is 0 Å². The minimum absolute atomic E-state index is 0.0469. The fourth-order valence-electron chi connectivity index (χ4n) is 2.73. The Bertz CT molecular complexity index is 242. The minimum Gasteiger partial charge on any atom is -0.353 e. The number of piperazine rings is 1. The average Bonchev–Trinajstić information content (AvgIpc) is 2.13. The number of carbonyl (C=O) groups is 1. The maximum absolute atomic E-state index is 11.9. The minimum atomic E-state index is -0.250. The quantitative estimate of drug-likeness (QED) is 0.611. The van der Waals surface area contributed by atoms with Crippen molar-refractivity contribution in [2.24, 2.45) is 0 Å². The van der Waals surface area contributed by atoms with Crippen LogP contribution in [-0.4, -0.2) is 23.5 Å². The summed E-state index contributed by atoms with van der Waals surface area (Å²) in [5.41, 5.74) is -0.203. The number of nitrogens with one attached hydrogen (secondary N) is 2. The number of hydrogen-bond acceptors (Lipinski definition) is 2. The summed E-state index contributed by atoms with van der Waals surface area (Å²) in [6.07, 6.45) is 5.63. The zero-order chi connectivity index (χ0) is 10.2. The summed E-state index contributed by atoms with van der Waals surface area (Å²) < 4.78 is 0. The monoisotopic (exact) mass is 196 g/mol. The van der Waals surface area contributed by atoms with Crippen LogP contribution in [0.1, 0.15) is 46.0 Å². The Hall–Kier alpha value is -0.570. The van der Waals surface area contributed by atoms with E-state index in [-0.39, 0.29) is 17.0 Å². The predicted octanol–water partition coefficient (Wildman–Crippen LogP) is 1.19. The Balaban J connectivity index is 2.17. The molecule has 3 nitrogen and oxygen atoms in total. The van der Waals surface area contributed by atoms with Crippen LogP contribution in [0.3, 0.4) is 0 Å². The average molecular weight is 196 g/mol. The van der Waals surface area contributed by atoms with E-state index in [1.54, 1.807) is 0 Å². The molecule has 1 spiro atoms. The molecule has 1 saturated carbocycles. The van der Waals surface area contributed by atoms with Crippen LogP contribution in [0.2, 0.25) is 0 Å². The van der Waals surface area contributed by atoms with Crippen molar-refractivity contribution in [1.29, 1.82) is 0 Å². The summed E-state index contributed by atoms with van der Waals surface area (Å²) in [5.74, 6) is 0.219. The van der Waals surface area contributed by atoms with Crippen molar-refractivity contribution in [2.75, 3.05) is 6.54 Å². The molecule has 1 heterocycles. The van der Waals surface area contributed by atoms with Crippen LogP contribution in [-0.2, 0) is 4.79 Å². The van der Waals surface area contributed by atoms with Gasteiger partial charge >= 0.3 is 0 Å². The van der Waals surface area contributed by atoms with Gasteiger partial charge in [0.05, 0.1) is 5.54 Å². The van der Waals surface area contributed by atoms with Gasteiger partial charge in [-0.3, -0.25) is 10.1 Å². The van der Waals surface area contributed by atoms with Gasteiger partial charge in [0, 0.05) is 12.1 Å². The van der Waals surface area contributed by atoms with Crippen LogP contribution in [0.5, 0.6) is 0 Å². The van der Waals surface area contributed by atoms with Crippen LogP contribution in [0, 0.1) is 0 Å². The fraction of sp³-hybridized carbons (Fsp3) is 0.909. The molecule has 80 valence electrons. The highest BCUT2D eigenvalue weighted by Gasteiger charge is 2.46. The second-order valence-corrected chi connectivity index (χ2v) is 5.33. The molecule has 1 aliphatic heterocycles. The van der Waals surface area contributed by atoms with Crippen molar-refractivity contribution in [2.45, 2.75) is 57.0 Å². The fourth-order valence-corrected chi connectivity index (χ4v) is 2.73. The third-order valence-corrected chi connectivity index (χ3v) is 3.41. The van der Waals surface area contributed by atoms with E-state index in [1.807, 2.05) is 0 Å². The summed E-state index contributed by atoms with van der Waals surface area (Å²) in [6.45, 7) is 5.05.